The lowest BCUT2D eigenvalue weighted by molar-refractivity contribution is 0.0904. The van der Waals surface area contributed by atoms with Crippen LogP contribution < -0.4 is 10.0 Å². The number of ether oxygens (including phenoxy) is 1. The van der Waals surface area contributed by atoms with Gasteiger partial charge in [-0.1, -0.05) is 5.21 Å². The lowest BCUT2D eigenvalue weighted by Crippen LogP contribution is -2.21. The van der Waals surface area contributed by atoms with Crippen LogP contribution in [0.25, 0.3) is 11.4 Å². The predicted molar refractivity (Wildman–Crippen MR) is 113 cm³/mol. The molecule has 0 radical (unpaired) electrons. The number of carbonyl (C=O) groups is 1. The highest BCUT2D eigenvalue weighted by molar-refractivity contribution is 7.92. The molecule has 0 aliphatic carbocycles. The number of nitrogens with one attached hydrogen (secondary N) is 2. The average Bonchev–Trinajstić information content (AvgIpc) is 3.09. The molecule has 1 atom stereocenters. The molecule has 0 bridgehead atoms. The van der Waals surface area contributed by atoms with Crippen LogP contribution >= 0.6 is 0 Å². The highest BCUT2D eigenvalue weighted by atomic mass is 32.2. The van der Waals surface area contributed by atoms with E-state index in [-0.39, 0.29) is 22.9 Å². The van der Waals surface area contributed by atoms with E-state index in [1.807, 2.05) is 0 Å². The molecule has 3 aromatic rings. The van der Waals surface area contributed by atoms with Crippen molar-refractivity contribution in [1.82, 2.24) is 20.0 Å². The maximum atomic E-state index is 13.9. The van der Waals surface area contributed by atoms with Crippen molar-refractivity contribution in [3.63, 3.8) is 0 Å². The molecular weight excluding hydrogens is 465 g/mol. The van der Waals surface area contributed by atoms with Gasteiger partial charge >= 0.3 is 6.09 Å². The van der Waals surface area contributed by atoms with Crippen LogP contribution in [0.15, 0.2) is 30.3 Å². The van der Waals surface area contributed by atoms with E-state index in [0.717, 1.165) is 24.5 Å². The lowest BCUT2D eigenvalue weighted by Gasteiger charge is -2.16. The second-order valence-electron chi connectivity index (χ2n) is 6.95. The zero-order valence-corrected chi connectivity index (χ0v) is 18.5. The molecule has 14 heteroatoms. The van der Waals surface area contributed by atoms with Gasteiger partial charge in [-0.25, -0.2) is 36.0 Å². The molecule has 0 saturated carbocycles. The topological polar surface area (TPSA) is 128 Å². The Morgan fingerprint density at radius 1 is 1.24 bits per heavy atom. The number of halogens is 3. The Balaban J connectivity index is 1.83. The minimum absolute atomic E-state index is 0.0213. The first kappa shape index (κ1) is 24.0. The molecule has 0 fully saturated rings. The summed E-state index contributed by atoms with van der Waals surface area (Å²) in [6.45, 7) is 0.272. The van der Waals surface area contributed by atoms with Gasteiger partial charge in [-0.3, -0.25) is 10.0 Å². The van der Waals surface area contributed by atoms with Crippen molar-refractivity contribution < 1.29 is 31.1 Å². The first-order valence-electron chi connectivity index (χ1n) is 9.32. The quantitative estimate of drug-likeness (QED) is 0.527. The number of pyridine rings is 1. The van der Waals surface area contributed by atoms with Gasteiger partial charge in [-0.2, -0.15) is 0 Å². The summed E-state index contributed by atoms with van der Waals surface area (Å²) in [7, 11) is -2.06. The second kappa shape index (κ2) is 9.44. The largest absolute Gasteiger partial charge is 0.438 e. The second-order valence-corrected chi connectivity index (χ2v) is 8.70. The number of rotatable bonds is 7. The number of aryl methyl sites for hydroxylation is 2. The number of hydrogen-bond acceptors (Lipinski definition) is 7. The van der Waals surface area contributed by atoms with Crippen molar-refractivity contribution >= 4 is 27.6 Å². The fourth-order valence-electron chi connectivity index (χ4n) is 2.87. The summed E-state index contributed by atoms with van der Waals surface area (Å²) < 4.78 is 72.1. The number of sulfonamides is 1. The van der Waals surface area contributed by atoms with Crippen LogP contribution in [0.3, 0.4) is 0 Å². The van der Waals surface area contributed by atoms with Crippen molar-refractivity contribution in [3.05, 3.63) is 53.2 Å². The zero-order chi connectivity index (χ0) is 24.3. The molecule has 0 saturated heterocycles. The Hall–Kier alpha value is -3.68. The summed E-state index contributed by atoms with van der Waals surface area (Å²) in [6, 6.07) is 5.30. The number of aromatic nitrogens is 4. The van der Waals surface area contributed by atoms with Gasteiger partial charge < -0.3 is 4.74 Å². The maximum Gasteiger partial charge on any atom is 0.413 e. The van der Waals surface area contributed by atoms with E-state index in [2.05, 4.69) is 25.3 Å². The van der Waals surface area contributed by atoms with Gasteiger partial charge in [0.25, 0.3) is 0 Å². The SMILES string of the molecule is Cc1nc(-c2nnn(C)c2NC(=O)O[C@H](CF)c2cc(F)ccc2F)ccc1NS(C)(=O)=O. The van der Waals surface area contributed by atoms with Gasteiger partial charge in [0, 0.05) is 12.6 Å². The highest BCUT2D eigenvalue weighted by Crippen LogP contribution is 2.28. The van der Waals surface area contributed by atoms with Gasteiger partial charge in [-0.15, -0.1) is 5.10 Å². The molecule has 1 aromatic carbocycles. The molecule has 3 rings (SSSR count). The Labute approximate surface area is 186 Å². The number of alkyl halides is 1. The summed E-state index contributed by atoms with van der Waals surface area (Å²) in [4.78, 5) is 16.6. The fourth-order valence-corrected chi connectivity index (χ4v) is 3.48. The van der Waals surface area contributed by atoms with E-state index in [1.54, 1.807) is 6.92 Å². The molecule has 33 heavy (non-hydrogen) atoms. The van der Waals surface area contributed by atoms with Gasteiger partial charge in [0.2, 0.25) is 10.0 Å². The first-order valence-corrected chi connectivity index (χ1v) is 11.2. The number of nitrogens with zero attached hydrogens (tertiary/aromatic N) is 4. The van der Waals surface area contributed by atoms with Gasteiger partial charge in [0.15, 0.2) is 17.6 Å². The molecule has 0 aliphatic rings. The zero-order valence-electron chi connectivity index (χ0n) is 17.6. The maximum absolute atomic E-state index is 13.9. The molecule has 0 spiro atoms. The fraction of sp³-hybridized carbons (Fsp3) is 0.263. The molecule has 0 aliphatic heterocycles. The predicted octanol–water partition coefficient (Wildman–Crippen LogP) is 3.09. The van der Waals surface area contributed by atoms with Crippen molar-refractivity contribution in [2.24, 2.45) is 7.05 Å². The van der Waals surface area contributed by atoms with Crippen molar-refractivity contribution in [3.8, 4) is 11.4 Å². The summed E-state index contributed by atoms with van der Waals surface area (Å²) in [5, 5.41) is 10.1. The van der Waals surface area contributed by atoms with Crippen molar-refractivity contribution in [2.45, 2.75) is 13.0 Å². The molecule has 2 heterocycles. The molecule has 176 valence electrons. The van der Waals surface area contributed by atoms with E-state index in [9.17, 15) is 26.4 Å². The number of benzene rings is 1. The number of carbonyl (C=O) groups excluding carboxylic acids is 1. The Morgan fingerprint density at radius 3 is 2.61 bits per heavy atom. The molecule has 0 unspecified atom stereocenters. The van der Waals surface area contributed by atoms with Crippen LogP contribution in [0.4, 0.5) is 29.5 Å². The summed E-state index contributed by atoms with van der Waals surface area (Å²) in [5.41, 5.74) is 0.478. The third kappa shape index (κ3) is 5.77. The van der Waals surface area contributed by atoms with E-state index in [4.69, 9.17) is 4.74 Å². The van der Waals surface area contributed by atoms with Crippen LogP contribution in [-0.2, 0) is 21.8 Å². The molecule has 2 aromatic heterocycles. The van der Waals surface area contributed by atoms with E-state index < -0.39 is 46.1 Å². The minimum Gasteiger partial charge on any atom is -0.438 e. The Morgan fingerprint density at radius 2 is 1.97 bits per heavy atom. The molecule has 10 nitrogen and oxygen atoms in total. The minimum atomic E-state index is -3.52. The normalized spacial score (nSPS) is 12.3. The third-order valence-electron chi connectivity index (χ3n) is 4.37. The first-order chi connectivity index (χ1) is 15.5. The smallest absolute Gasteiger partial charge is 0.413 e. The van der Waals surface area contributed by atoms with Gasteiger partial charge in [0.05, 0.1) is 23.3 Å². The van der Waals surface area contributed by atoms with E-state index in [0.29, 0.717) is 5.69 Å². The van der Waals surface area contributed by atoms with Crippen LogP contribution in [-0.4, -0.2) is 47.4 Å². The van der Waals surface area contributed by atoms with E-state index >= 15 is 0 Å². The van der Waals surface area contributed by atoms with Crippen LogP contribution in [0, 0.1) is 18.6 Å². The van der Waals surface area contributed by atoms with Crippen molar-refractivity contribution in [2.75, 3.05) is 23.0 Å². The Bertz CT molecular complexity index is 1300. The van der Waals surface area contributed by atoms with Crippen molar-refractivity contribution in [1.29, 1.82) is 0 Å². The van der Waals surface area contributed by atoms with Crippen LogP contribution in [0.5, 0.6) is 0 Å². The Kier molecular flexibility index (Phi) is 6.86. The lowest BCUT2D eigenvalue weighted by atomic mass is 10.1. The van der Waals surface area contributed by atoms with Gasteiger partial charge in [0.1, 0.15) is 18.3 Å². The highest BCUT2D eigenvalue weighted by Gasteiger charge is 2.24. The number of hydrogen-bond donors (Lipinski definition) is 2. The molecule has 2 N–H and O–H groups in total. The van der Waals surface area contributed by atoms with E-state index in [1.165, 1.54) is 23.9 Å². The summed E-state index contributed by atoms with van der Waals surface area (Å²) in [6.07, 6.45) is -1.86. The average molecular weight is 484 g/mol. The van der Waals surface area contributed by atoms with Crippen LogP contribution in [0.1, 0.15) is 17.4 Å². The van der Waals surface area contributed by atoms with Crippen LogP contribution in [0.2, 0.25) is 0 Å². The summed E-state index contributed by atoms with van der Waals surface area (Å²) >= 11 is 0. The molecule has 1 amide bonds. The monoisotopic (exact) mass is 484 g/mol. The summed E-state index contributed by atoms with van der Waals surface area (Å²) in [5.74, 6) is -1.73. The number of amides is 1. The molecular formula is C19H19F3N6O4S. The standard InChI is InChI=1S/C19H19F3N6O4S/c1-10-14(26-33(3,30)31)6-7-15(23-10)17-18(28(2)27-25-17)24-19(29)32-16(9-20)12-8-11(21)4-5-13(12)22/h4-8,16,26H,9H2,1-3H3,(H,24,29)/t16-/m1/s1. The third-order valence-corrected chi connectivity index (χ3v) is 4.96. The number of anilines is 2. The van der Waals surface area contributed by atoms with Gasteiger partial charge in [-0.05, 0) is 37.3 Å².